The molecule has 2 atom stereocenters. The summed E-state index contributed by atoms with van der Waals surface area (Å²) in [6, 6.07) is 9.32. The maximum Gasteiger partial charge on any atom is 0.475 e. The van der Waals surface area contributed by atoms with Crippen LogP contribution in [-0.4, -0.2) is 62.6 Å². The standard InChI is InChI=1S/C22H29BClN5O5/c1-14(2)9-18(23(32)33)27-21(31)22(10-15-7-5-4-6-8-15)11-16(28-34-22)12-25-20(30)19-17(24)13-26-29(19)3/h4-8,13-14,18,32-33H,9-12H2,1-3H3,(H,25,30)(H,27,31). The quantitative estimate of drug-likeness (QED) is 0.369. The van der Waals surface area contributed by atoms with E-state index in [4.69, 9.17) is 16.4 Å². The number of benzene rings is 1. The summed E-state index contributed by atoms with van der Waals surface area (Å²) in [4.78, 5) is 31.6. The van der Waals surface area contributed by atoms with Crippen molar-refractivity contribution < 1.29 is 24.5 Å². The minimum Gasteiger partial charge on any atom is -0.426 e. The molecule has 3 rings (SSSR count). The molecule has 182 valence electrons. The highest BCUT2D eigenvalue weighted by atomic mass is 35.5. The molecule has 0 saturated carbocycles. The van der Waals surface area contributed by atoms with Crippen LogP contribution in [0.5, 0.6) is 0 Å². The van der Waals surface area contributed by atoms with Crippen molar-refractivity contribution in [1.82, 2.24) is 20.4 Å². The van der Waals surface area contributed by atoms with E-state index < -0.39 is 30.5 Å². The highest BCUT2D eigenvalue weighted by Crippen LogP contribution is 2.29. The molecule has 12 heteroatoms. The number of hydrogen-bond acceptors (Lipinski definition) is 7. The number of carbonyl (C=O) groups is 2. The van der Waals surface area contributed by atoms with Crippen molar-refractivity contribution in [2.24, 2.45) is 18.1 Å². The van der Waals surface area contributed by atoms with Gasteiger partial charge in [0.15, 0.2) is 0 Å². The van der Waals surface area contributed by atoms with Crippen LogP contribution in [0.3, 0.4) is 0 Å². The molecule has 0 spiro atoms. The molecule has 2 heterocycles. The highest BCUT2D eigenvalue weighted by Gasteiger charge is 2.48. The second-order valence-corrected chi connectivity index (χ2v) is 9.26. The van der Waals surface area contributed by atoms with Gasteiger partial charge in [0.25, 0.3) is 11.8 Å². The Balaban J connectivity index is 1.74. The molecule has 1 aromatic heterocycles. The largest absolute Gasteiger partial charge is 0.475 e. The molecule has 1 aliphatic rings. The summed E-state index contributed by atoms with van der Waals surface area (Å²) in [5, 5.41) is 33.2. The van der Waals surface area contributed by atoms with Gasteiger partial charge in [0.2, 0.25) is 5.60 Å². The van der Waals surface area contributed by atoms with Crippen molar-refractivity contribution in [3.8, 4) is 0 Å². The Morgan fingerprint density at radius 3 is 2.59 bits per heavy atom. The Morgan fingerprint density at radius 2 is 2.00 bits per heavy atom. The highest BCUT2D eigenvalue weighted by molar-refractivity contribution is 6.43. The summed E-state index contributed by atoms with van der Waals surface area (Å²) in [6.07, 6.45) is 2.08. The van der Waals surface area contributed by atoms with Crippen molar-refractivity contribution in [2.45, 2.75) is 44.7 Å². The van der Waals surface area contributed by atoms with Crippen molar-refractivity contribution in [3.05, 3.63) is 52.8 Å². The molecule has 0 radical (unpaired) electrons. The lowest BCUT2D eigenvalue weighted by atomic mass is 9.74. The van der Waals surface area contributed by atoms with Crippen LogP contribution in [0, 0.1) is 5.92 Å². The van der Waals surface area contributed by atoms with Gasteiger partial charge in [0.1, 0.15) is 5.69 Å². The van der Waals surface area contributed by atoms with Crippen molar-refractivity contribution in [2.75, 3.05) is 6.54 Å². The van der Waals surface area contributed by atoms with Gasteiger partial charge in [-0.2, -0.15) is 5.10 Å². The lowest BCUT2D eigenvalue weighted by Gasteiger charge is -2.29. The first kappa shape index (κ1) is 25.7. The molecule has 10 nitrogen and oxygen atoms in total. The molecule has 2 unspecified atom stereocenters. The Hall–Kier alpha value is -2.89. The maximum atomic E-state index is 13.4. The molecule has 0 bridgehead atoms. The minimum absolute atomic E-state index is 0.0439. The monoisotopic (exact) mass is 489 g/mol. The second kappa shape index (κ2) is 11.0. The van der Waals surface area contributed by atoms with Crippen LogP contribution in [0.2, 0.25) is 5.02 Å². The van der Waals surface area contributed by atoms with E-state index in [-0.39, 0.29) is 36.0 Å². The van der Waals surface area contributed by atoms with Gasteiger partial charge < -0.3 is 25.5 Å². The Morgan fingerprint density at radius 1 is 1.29 bits per heavy atom. The molecule has 0 fully saturated rings. The van der Waals surface area contributed by atoms with Gasteiger partial charge in [-0.3, -0.25) is 14.3 Å². The molecule has 1 aromatic carbocycles. The topological polar surface area (TPSA) is 138 Å². The van der Waals surface area contributed by atoms with E-state index in [1.807, 2.05) is 44.2 Å². The van der Waals surface area contributed by atoms with Crippen molar-refractivity contribution in [3.63, 3.8) is 0 Å². The molecule has 0 aliphatic carbocycles. The molecular weight excluding hydrogens is 461 g/mol. The molecule has 0 saturated heterocycles. The summed E-state index contributed by atoms with van der Waals surface area (Å²) in [7, 11) is -0.111. The van der Waals surface area contributed by atoms with Gasteiger partial charge in [0.05, 0.1) is 29.4 Å². The van der Waals surface area contributed by atoms with Crippen LogP contribution in [-0.2, 0) is 23.1 Å². The fourth-order valence-electron chi connectivity index (χ4n) is 3.86. The number of oxime groups is 1. The molecule has 1 aliphatic heterocycles. The van der Waals surface area contributed by atoms with Gasteiger partial charge in [-0.05, 0) is 17.9 Å². The molecule has 2 aromatic rings. The Labute approximate surface area is 203 Å². The third-order valence-electron chi connectivity index (χ3n) is 5.55. The molecular formula is C22H29BClN5O5. The van der Waals surface area contributed by atoms with Gasteiger partial charge in [-0.25, -0.2) is 0 Å². The summed E-state index contributed by atoms with van der Waals surface area (Å²) in [6.45, 7) is 3.89. The SMILES string of the molecule is CC(C)CC(NC(=O)C1(Cc2ccccc2)CC(CNC(=O)c2c(Cl)cnn2C)=NO1)B(O)O. The van der Waals surface area contributed by atoms with E-state index >= 15 is 0 Å². The third-order valence-corrected chi connectivity index (χ3v) is 5.83. The van der Waals surface area contributed by atoms with Gasteiger partial charge >= 0.3 is 7.12 Å². The fraction of sp³-hybridized carbons (Fsp3) is 0.455. The smallest absolute Gasteiger partial charge is 0.426 e. The first-order valence-corrected chi connectivity index (χ1v) is 11.4. The van der Waals surface area contributed by atoms with Gasteiger partial charge in [-0.1, -0.05) is 60.9 Å². The van der Waals surface area contributed by atoms with E-state index in [0.717, 1.165) is 5.56 Å². The molecule has 2 amide bonds. The first-order valence-electron chi connectivity index (χ1n) is 11.0. The zero-order valence-electron chi connectivity index (χ0n) is 19.4. The van der Waals surface area contributed by atoms with E-state index in [1.54, 1.807) is 7.05 Å². The average Bonchev–Trinajstić information content (AvgIpc) is 3.35. The minimum atomic E-state index is -1.72. The third kappa shape index (κ3) is 6.16. The maximum absolute atomic E-state index is 13.4. The summed E-state index contributed by atoms with van der Waals surface area (Å²) >= 11 is 6.03. The normalized spacial score (nSPS) is 18.3. The van der Waals surface area contributed by atoms with Crippen LogP contribution >= 0.6 is 11.6 Å². The van der Waals surface area contributed by atoms with Crippen molar-refractivity contribution >= 4 is 36.2 Å². The Bertz CT molecular complexity index is 1030. The zero-order valence-corrected chi connectivity index (χ0v) is 20.1. The number of halogens is 1. The number of rotatable bonds is 10. The lowest BCUT2D eigenvalue weighted by molar-refractivity contribution is -0.144. The van der Waals surface area contributed by atoms with Gasteiger partial charge in [-0.15, -0.1) is 0 Å². The Kier molecular flexibility index (Phi) is 8.35. The second-order valence-electron chi connectivity index (χ2n) is 8.85. The van der Waals surface area contributed by atoms with Crippen LogP contribution in [0.1, 0.15) is 42.7 Å². The summed E-state index contributed by atoms with van der Waals surface area (Å²) in [5.74, 6) is -1.67. The van der Waals surface area contributed by atoms with Crippen molar-refractivity contribution in [1.29, 1.82) is 0 Å². The predicted octanol–water partition coefficient (Wildman–Crippen LogP) is 1.10. The van der Waals surface area contributed by atoms with E-state index in [1.165, 1.54) is 10.9 Å². The number of hydrogen-bond donors (Lipinski definition) is 4. The fourth-order valence-corrected chi connectivity index (χ4v) is 4.11. The first-order chi connectivity index (χ1) is 16.1. The van der Waals surface area contributed by atoms with E-state index in [0.29, 0.717) is 12.1 Å². The van der Waals surface area contributed by atoms with Crippen LogP contribution < -0.4 is 10.6 Å². The zero-order chi connectivity index (χ0) is 24.9. The number of nitrogens with zero attached hydrogens (tertiary/aromatic N) is 3. The van der Waals surface area contributed by atoms with E-state index in [9.17, 15) is 19.6 Å². The molecule has 34 heavy (non-hydrogen) atoms. The molecule has 4 N–H and O–H groups in total. The number of carbonyl (C=O) groups excluding carboxylic acids is 2. The number of nitrogens with one attached hydrogen (secondary N) is 2. The van der Waals surface area contributed by atoms with Crippen LogP contribution in [0.25, 0.3) is 0 Å². The van der Waals surface area contributed by atoms with Gasteiger partial charge in [0, 0.05) is 19.9 Å². The van der Waals surface area contributed by atoms with E-state index in [2.05, 4.69) is 20.9 Å². The van der Waals surface area contributed by atoms with Crippen LogP contribution in [0.4, 0.5) is 0 Å². The number of amides is 2. The average molecular weight is 490 g/mol. The summed E-state index contributed by atoms with van der Waals surface area (Å²) < 4.78 is 1.37. The lowest BCUT2D eigenvalue weighted by Crippen LogP contribution is -2.56. The number of aryl methyl sites for hydroxylation is 1. The predicted molar refractivity (Wildman–Crippen MR) is 128 cm³/mol. The van der Waals surface area contributed by atoms with Crippen LogP contribution in [0.15, 0.2) is 41.7 Å². The summed E-state index contributed by atoms with van der Waals surface area (Å²) in [5.41, 5.74) is 0.130. The number of aromatic nitrogens is 2.